The number of rotatable bonds is 3. The summed E-state index contributed by atoms with van der Waals surface area (Å²) in [6.45, 7) is 0. The minimum atomic E-state index is -0.801. The second-order valence-electron chi connectivity index (χ2n) is 6.11. The van der Waals surface area contributed by atoms with Gasteiger partial charge in [0, 0.05) is 0 Å². The summed E-state index contributed by atoms with van der Waals surface area (Å²) in [6.07, 6.45) is 5.25. The number of hydrogen-bond donors (Lipinski definition) is 3. The van der Waals surface area contributed by atoms with Crippen LogP contribution < -0.4 is 5.32 Å². The fourth-order valence-corrected chi connectivity index (χ4v) is 3.54. The normalized spacial score (nSPS) is 23.6. The van der Waals surface area contributed by atoms with E-state index in [1.54, 1.807) is 6.07 Å². The zero-order valence-electron chi connectivity index (χ0n) is 11.6. The van der Waals surface area contributed by atoms with E-state index in [1.165, 1.54) is 0 Å². The maximum Gasteiger partial charge on any atom is 0.223 e. The Balaban J connectivity index is 1.65. The summed E-state index contributed by atoms with van der Waals surface area (Å²) in [4.78, 5) is 12.1. The van der Waals surface area contributed by atoms with Crippen LogP contribution in [0.4, 0.5) is 0 Å². The van der Waals surface area contributed by atoms with Gasteiger partial charge in [-0.25, -0.2) is 0 Å². The first kappa shape index (κ1) is 13.4. The standard InChI is InChI=1S/C16H21NO3/c18-14-5-3-4-11-12(14)6-7-13(11)17-15(19)10-16(20)8-1-2-9-16/h3-5,13,18,20H,1-2,6-10H2,(H,17,19). The number of benzene rings is 1. The third-order valence-electron chi connectivity index (χ3n) is 4.61. The first-order valence-corrected chi connectivity index (χ1v) is 7.40. The number of amides is 1. The summed E-state index contributed by atoms with van der Waals surface area (Å²) in [5.41, 5.74) is 1.15. The fourth-order valence-electron chi connectivity index (χ4n) is 3.54. The van der Waals surface area contributed by atoms with E-state index in [1.807, 2.05) is 12.1 Å². The molecule has 3 N–H and O–H groups in total. The topological polar surface area (TPSA) is 69.6 Å². The van der Waals surface area contributed by atoms with Gasteiger partial charge in [0.05, 0.1) is 18.1 Å². The minimum Gasteiger partial charge on any atom is -0.508 e. The molecule has 0 radical (unpaired) electrons. The second kappa shape index (κ2) is 5.09. The van der Waals surface area contributed by atoms with E-state index in [4.69, 9.17) is 0 Å². The van der Waals surface area contributed by atoms with Crippen LogP contribution in [0.25, 0.3) is 0 Å². The van der Waals surface area contributed by atoms with Crippen molar-refractivity contribution in [2.24, 2.45) is 0 Å². The highest BCUT2D eigenvalue weighted by Gasteiger charge is 2.34. The molecule has 2 aliphatic rings. The van der Waals surface area contributed by atoms with E-state index in [-0.39, 0.29) is 18.4 Å². The molecule has 20 heavy (non-hydrogen) atoms. The lowest BCUT2D eigenvalue weighted by atomic mass is 9.97. The largest absolute Gasteiger partial charge is 0.508 e. The van der Waals surface area contributed by atoms with Crippen molar-refractivity contribution in [3.8, 4) is 5.75 Å². The predicted molar refractivity (Wildman–Crippen MR) is 75.3 cm³/mol. The number of fused-ring (bicyclic) bond motifs is 1. The van der Waals surface area contributed by atoms with Gasteiger partial charge in [-0.05, 0) is 42.9 Å². The van der Waals surface area contributed by atoms with Gasteiger partial charge in [-0.15, -0.1) is 0 Å². The first-order chi connectivity index (χ1) is 9.57. The van der Waals surface area contributed by atoms with Gasteiger partial charge < -0.3 is 15.5 Å². The molecule has 1 fully saturated rings. The number of phenolic OH excluding ortho intramolecular Hbond substituents is 1. The van der Waals surface area contributed by atoms with Gasteiger partial charge in [-0.2, -0.15) is 0 Å². The molecule has 0 spiro atoms. The second-order valence-corrected chi connectivity index (χ2v) is 6.11. The Labute approximate surface area is 118 Å². The van der Waals surface area contributed by atoms with Crippen LogP contribution in [0, 0.1) is 0 Å². The van der Waals surface area contributed by atoms with Gasteiger partial charge in [0.15, 0.2) is 0 Å². The molecular formula is C16H21NO3. The van der Waals surface area contributed by atoms with Crippen molar-refractivity contribution in [3.63, 3.8) is 0 Å². The number of aliphatic hydroxyl groups is 1. The molecule has 0 aliphatic heterocycles. The smallest absolute Gasteiger partial charge is 0.223 e. The van der Waals surface area contributed by atoms with E-state index >= 15 is 0 Å². The molecule has 108 valence electrons. The van der Waals surface area contributed by atoms with Crippen molar-refractivity contribution in [1.82, 2.24) is 5.32 Å². The third kappa shape index (κ3) is 2.52. The SMILES string of the molecule is O=C(CC1(O)CCCC1)NC1CCc2c(O)cccc21. The summed E-state index contributed by atoms with van der Waals surface area (Å²) in [5.74, 6) is 0.226. The molecule has 3 rings (SSSR count). The van der Waals surface area contributed by atoms with Crippen LogP contribution >= 0.6 is 0 Å². The third-order valence-corrected chi connectivity index (χ3v) is 4.61. The van der Waals surface area contributed by atoms with Crippen molar-refractivity contribution in [2.75, 3.05) is 0 Å². The highest BCUT2D eigenvalue weighted by molar-refractivity contribution is 5.78. The van der Waals surface area contributed by atoms with Gasteiger partial charge >= 0.3 is 0 Å². The highest BCUT2D eigenvalue weighted by atomic mass is 16.3. The molecular weight excluding hydrogens is 254 g/mol. The minimum absolute atomic E-state index is 0.0328. The van der Waals surface area contributed by atoms with Crippen LogP contribution in [-0.4, -0.2) is 21.7 Å². The summed E-state index contributed by atoms with van der Waals surface area (Å²) < 4.78 is 0. The predicted octanol–water partition coefficient (Wildman–Crippen LogP) is 2.19. The number of hydrogen-bond acceptors (Lipinski definition) is 3. The van der Waals surface area contributed by atoms with Crippen LogP contribution in [-0.2, 0) is 11.2 Å². The Morgan fingerprint density at radius 1 is 1.35 bits per heavy atom. The Kier molecular flexibility index (Phi) is 3.42. The Bertz CT molecular complexity index is 520. The molecule has 1 aromatic rings. The molecule has 4 heteroatoms. The number of nitrogens with one attached hydrogen (secondary N) is 1. The molecule has 0 aromatic heterocycles. The molecule has 2 aliphatic carbocycles. The van der Waals surface area contributed by atoms with Crippen molar-refractivity contribution < 1.29 is 15.0 Å². The average molecular weight is 275 g/mol. The monoisotopic (exact) mass is 275 g/mol. The number of carbonyl (C=O) groups is 1. The highest BCUT2D eigenvalue weighted by Crippen LogP contribution is 2.37. The maximum absolute atomic E-state index is 12.1. The van der Waals surface area contributed by atoms with Crippen LogP contribution in [0.3, 0.4) is 0 Å². The quantitative estimate of drug-likeness (QED) is 0.792. The molecule has 4 nitrogen and oxygen atoms in total. The maximum atomic E-state index is 12.1. The number of phenols is 1. The molecule has 1 amide bonds. The van der Waals surface area contributed by atoms with E-state index in [0.29, 0.717) is 5.75 Å². The molecule has 1 atom stereocenters. The molecule has 1 saturated carbocycles. The van der Waals surface area contributed by atoms with E-state index < -0.39 is 5.60 Å². The van der Waals surface area contributed by atoms with Gasteiger partial charge in [0.25, 0.3) is 0 Å². The summed E-state index contributed by atoms with van der Waals surface area (Å²) >= 11 is 0. The summed E-state index contributed by atoms with van der Waals surface area (Å²) in [6, 6.07) is 5.42. The molecule has 1 unspecified atom stereocenters. The van der Waals surface area contributed by atoms with Gasteiger partial charge in [-0.3, -0.25) is 4.79 Å². The van der Waals surface area contributed by atoms with Crippen molar-refractivity contribution in [2.45, 2.75) is 56.6 Å². The van der Waals surface area contributed by atoms with E-state index in [2.05, 4.69) is 5.32 Å². The lowest BCUT2D eigenvalue weighted by Crippen LogP contribution is -2.36. The van der Waals surface area contributed by atoms with Crippen LogP contribution in [0.2, 0.25) is 0 Å². The van der Waals surface area contributed by atoms with Gasteiger partial charge in [-0.1, -0.05) is 25.0 Å². The fraction of sp³-hybridized carbons (Fsp3) is 0.562. The van der Waals surface area contributed by atoms with Crippen LogP contribution in [0.15, 0.2) is 18.2 Å². The van der Waals surface area contributed by atoms with Gasteiger partial charge in [0.2, 0.25) is 5.91 Å². The molecule has 1 aromatic carbocycles. The Hall–Kier alpha value is -1.55. The van der Waals surface area contributed by atoms with Crippen molar-refractivity contribution >= 4 is 5.91 Å². The lowest BCUT2D eigenvalue weighted by Gasteiger charge is -2.23. The van der Waals surface area contributed by atoms with Gasteiger partial charge in [0.1, 0.15) is 5.75 Å². The Morgan fingerprint density at radius 2 is 2.10 bits per heavy atom. The molecule has 0 saturated heterocycles. The average Bonchev–Trinajstić information content (AvgIpc) is 2.98. The number of aromatic hydroxyl groups is 1. The summed E-state index contributed by atoms with van der Waals surface area (Å²) in [7, 11) is 0. The molecule has 0 bridgehead atoms. The van der Waals surface area contributed by atoms with E-state index in [0.717, 1.165) is 49.7 Å². The van der Waals surface area contributed by atoms with E-state index in [9.17, 15) is 15.0 Å². The van der Waals surface area contributed by atoms with Crippen molar-refractivity contribution in [3.05, 3.63) is 29.3 Å². The lowest BCUT2D eigenvalue weighted by molar-refractivity contribution is -0.126. The first-order valence-electron chi connectivity index (χ1n) is 7.40. The number of carbonyl (C=O) groups excluding carboxylic acids is 1. The van der Waals surface area contributed by atoms with Crippen molar-refractivity contribution in [1.29, 1.82) is 0 Å². The van der Waals surface area contributed by atoms with Crippen LogP contribution in [0.5, 0.6) is 5.75 Å². The Morgan fingerprint density at radius 3 is 2.85 bits per heavy atom. The zero-order valence-corrected chi connectivity index (χ0v) is 11.6. The summed E-state index contributed by atoms with van der Waals surface area (Å²) in [5, 5.41) is 23.1. The molecule has 0 heterocycles. The van der Waals surface area contributed by atoms with Crippen LogP contribution in [0.1, 0.15) is 55.7 Å². The zero-order chi connectivity index (χ0) is 14.2.